The second-order valence-electron chi connectivity index (χ2n) is 7.57. The first-order valence-electron chi connectivity index (χ1n) is 10.4. The summed E-state index contributed by atoms with van der Waals surface area (Å²) in [5, 5.41) is 0. The van der Waals surface area contributed by atoms with Crippen LogP contribution in [0.25, 0.3) is 11.3 Å². The minimum absolute atomic E-state index is 0.135. The van der Waals surface area contributed by atoms with E-state index in [1.165, 1.54) is 0 Å². The summed E-state index contributed by atoms with van der Waals surface area (Å²) in [6.07, 6.45) is 0.951. The molecule has 1 aliphatic heterocycles. The highest BCUT2D eigenvalue weighted by Crippen LogP contribution is 2.25. The van der Waals surface area contributed by atoms with E-state index in [0.717, 1.165) is 28.9 Å². The van der Waals surface area contributed by atoms with Gasteiger partial charge >= 0.3 is 0 Å². The molecule has 2 amide bonds. The number of morpholine rings is 1. The zero-order valence-electron chi connectivity index (χ0n) is 17.2. The molecule has 1 atom stereocenters. The van der Waals surface area contributed by atoms with E-state index in [2.05, 4.69) is 0 Å². The van der Waals surface area contributed by atoms with E-state index in [9.17, 15) is 9.59 Å². The summed E-state index contributed by atoms with van der Waals surface area (Å²) in [7, 11) is 0. The fraction of sp³-hybridized carbons (Fsp3) is 0.240. The van der Waals surface area contributed by atoms with Crippen LogP contribution in [0.1, 0.15) is 34.1 Å². The third-order valence-electron chi connectivity index (χ3n) is 5.46. The SMILES string of the molecule is NC(=O)c1ccc(-c2cccc(C3CN(C(=O)CCc4ccccc4)CCO3)n2)cc1. The summed E-state index contributed by atoms with van der Waals surface area (Å²) in [6.45, 7) is 1.57. The fourth-order valence-electron chi connectivity index (χ4n) is 3.71. The van der Waals surface area contributed by atoms with Crippen LogP contribution in [0, 0.1) is 0 Å². The van der Waals surface area contributed by atoms with Crippen molar-refractivity contribution < 1.29 is 14.3 Å². The summed E-state index contributed by atoms with van der Waals surface area (Å²) in [6, 6.07) is 22.8. The van der Waals surface area contributed by atoms with Crippen molar-refractivity contribution in [2.45, 2.75) is 18.9 Å². The predicted octanol–water partition coefficient (Wildman–Crippen LogP) is 3.38. The van der Waals surface area contributed by atoms with E-state index in [1.54, 1.807) is 12.1 Å². The molecule has 1 saturated heterocycles. The quantitative estimate of drug-likeness (QED) is 0.669. The van der Waals surface area contributed by atoms with Crippen LogP contribution in [-0.2, 0) is 16.0 Å². The molecule has 1 aromatic heterocycles. The van der Waals surface area contributed by atoms with E-state index in [0.29, 0.717) is 31.7 Å². The molecule has 1 aliphatic rings. The van der Waals surface area contributed by atoms with Gasteiger partial charge in [0.05, 0.1) is 24.5 Å². The van der Waals surface area contributed by atoms with Gasteiger partial charge in [0.2, 0.25) is 11.8 Å². The van der Waals surface area contributed by atoms with Crippen LogP contribution in [0.15, 0.2) is 72.8 Å². The maximum absolute atomic E-state index is 12.7. The first-order chi connectivity index (χ1) is 15.1. The molecule has 1 unspecified atom stereocenters. The standard InChI is InChI=1S/C25H25N3O3/c26-25(30)20-12-10-19(11-13-20)21-7-4-8-22(27-21)23-17-28(15-16-31-23)24(29)14-9-18-5-2-1-3-6-18/h1-8,10-13,23H,9,14-17H2,(H2,26,30). The molecule has 1 fully saturated rings. The molecular weight excluding hydrogens is 390 g/mol. The number of hydrogen-bond donors (Lipinski definition) is 1. The van der Waals surface area contributed by atoms with Crippen molar-refractivity contribution in [2.24, 2.45) is 5.73 Å². The van der Waals surface area contributed by atoms with Crippen LogP contribution >= 0.6 is 0 Å². The number of hydrogen-bond acceptors (Lipinski definition) is 4. The van der Waals surface area contributed by atoms with Gasteiger partial charge < -0.3 is 15.4 Å². The van der Waals surface area contributed by atoms with Gasteiger partial charge in [0.15, 0.2) is 0 Å². The molecule has 2 N–H and O–H groups in total. The van der Waals surface area contributed by atoms with Crippen molar-refractivity contribution in [3.8, 4) is 11.3 Å². The molecule has 3 aromatic rings. The monoisotopic (exact) mass is 415 g/mol. The fourth-order valence-corrected chi connectivity index (χ4v) is 3.71. The molecule has 0 saturated carbocycles. The molecule has 0 aliphatic carbocycles. The van der Waals surface area contributed by atoms with E-state index in [1.807, 2.05) is 65.6 Å². The van der Waals surface area contributed by atoms with E-state index in [-0.39, 0.29) is 12.0 Å². The highest BCUT2D eigenvalue weighted by atomic mass is 16.5. The number of benzene rings is 2. The topological polar surface area (TPSA) is 85.5 Å². The van der Waals surface area contributed by atoms with E-state index < -0.39 is 5.91 Å². The largest absolute Gasteiger partial charge is 0.368 e. The highest BCUT2D eigenvalue weighted by molar-refractivity contribution is 5.93. The van der Waals surface area contributed by atoms with Gasteiger partial charge in [0, 0.05) is 24.1 Å². The summed E-state index contributed by atoms with van der Waals surface area (Å²) in [5.74, 6) is -0.323. The van der Waals surface area contributed by atoms with Gasteiger partial charge in [-0.15, -0.1) is 0 Å². The lowest BCUT2D eigenvalue weighted by Gasteiger charge is -2.33. The number of aryl methyl sites for hydroxylation is 1. The average molecular weight is 415 g/mol. The first kappa shape index (κ1) is 20.8. The Kier molecular flexibility index (Phi) is 6.38. The minimum atomic E-state index is -0.458. The predicted molar refractivity (Wildman–Crippen MR) is 118 cm³/mol. The molecule has 0 bridgehead atoms. The lowest BCUT2D eigenvalue weighted by Crippen LogP contribution is -2.42. The number of nitrogens with zero attached hydrogens (tertiary/aromatic N) is 2. The van der Waals surface area contributed by atoms with Crippen molar-refractivity contribution >= 4 is 11.8 Å². The van der Waals surface area contributed by atoms with E-state index >= 15 is 0 Å². The molecule has 2 heterocycles. The molecule has 4 rings (SSSR count). The van der Waals surface area contributed by atoms with Crippen LogP contribution in [-0.4, -0.2) is 41.4 Å². The molecule has 0 spiro atoms. The Morgan fingerprint density at radius 2 is 1.77 bits per heavy atom. The van der Waals surface area contributed by atoms with Gasteiger partial charge in [0.1, 0.15) is 6.10 Å². The normalized spacial score (nSPS) is 16.1. The van der Waals surface area contributed by atoms with Gasteiger partial charge in [-0.3, -0.25) is 9.59 Å². The van der Waals surface area contributed by atoms with E-state index in [4.69, 9.17) is 15.5 Å². The van der Waals surface area contributed by atoms with Gasteiger partial charge in [-0.1, -0.05) is 48.5 Å². The number of amides is 2. The second-order valence-corrected chi connectivity index (χ2v) is 7.57. The number of pyridine rings is 1. The highest BCUT2D eigenvalue weighted by Gasteiger charge is 2.26. The zero-order chi connectivity index (χ0) is 21.6. The summed E-state index contributed by atoms with van der Waals surface area (Å²) < 4.78 is 5.93. The Balaban J connectivity index is 1.42. The van der Waals surface area contributed by atoms with Crippen molar-refractivity contribution in [3.63, 3.8) is 0 Å². The van der Waals surface area contributed by atoms with Crippen molar-refractivity contribution in [1.82, 2.24) is 9.88 Å². The van der Waals surface area contributed by atoms with Crippen LogP contribution in [0.2, 0.25) is 0 Å². The maximum atomic E-state index is 12.7. The first-order valence-corrected chi connectivity index (χ1v) is 10.4. The molecule has 0 radical (unpaired) electrons. The molecule has 6 nitrogen and oxygen atoms in total. The molecule has 2 aromatic carbocycles. The molecule has 6 heteroatoms. The Morgan fingerprint density at radius 1 is 1.00 bits per heavy atom. The van der Waals surface area contributed by atoms with Gasteiger partial charge in [-0.25, -0.2) is 4.98 Å². The van der Waals surface area contributed by atoms with Crippen LogP contribution in [0.4, 0.5) is 0 Å². The summed E-state index contributed by atoms with van der Waals surface area (Å²) in [4.78, 5) is 30.6. The number of nitrogens with two attached hydrogens (primary N) is 1. The Labute approximate surface area is 181 Å². The Bertz CT molecular complexity index is 1050. The number of aromatic nitrogens is 1. The number of carbonyl (C=O) groups is 2. The lowest BCUT2D eigenvalue weighted by molar-refractivity contribution is -0.139. The van der Waals surface area contributed by atoms with Crippen LogP contribution in [0.3, 0.4) is 0 Å². The smallest absolute Gasteiger partial charge is 0.248 e. The summed E-state index contributed by atoms with van der Waals surface area (Å²) in [5.41, 5.74) is 9.39. The summed E-state index contributed by atoms with van der Waals surface area (Å²) >= 11 is 0. The maximum Gasteiger partial charge on any atom is 0.248 e. The van der Waals surface area contributed by atoms with Crippen LogP contribution in [0.5, 0.6) is 0 Å². The molecule has 31 heavy (non-hydrogen) atoms. The minimum Gasteiger partial charge on any atom is -0.368 e. The third kappa shape index (κ3) is 5.16. The number of carbonyl (C=O) groups excluding carboxylic acids is 2. The third-order valence-corrected chi connectivity index (χ3v) is 5.46. The second kappa shape index (κ2) is 9.53. The average Bonchev–Trinajstić information content (AvgIpc) is 2.83. The Hall–Kier alpha value is -3.51. The zero-order valence-corrected chi connectivity index (χ0v) is 17.2. The van der Waals surface area contributed by atoms with Crippen molar-refractivity contribution in [2.75, 3.05) is 19.7 Å². The Morgan fingerprint density at radius 3 is 2.52 bits per heavy atom. The van der Waals surface area contributed by atoms with Crippen LogP contribution < -0.4 is 5.73 Å². The molecular formula is C25H25N3O3. The lowest BCUT2D eigenvalue weighted by atomic mass is 10.1. The van der Waals surface area contributed by atoms with Crippen molar-refractivity contribution in [3.05, 3.63) is 89.6 Å². The van der Waals surface area contributed by atoms with Gasteiger partial charge in [-0.2, -0.15) is 0 Å². The van der Waals surface area contributed by atoms with Gasteiger partial charge in [0.25, 0.3) is 0 Å². The molecule has 158 valence electrons. The van der Waals surface area contributed by atoms with Gasteiger partial charge in [-0.05, 0) is 36.2 Å². The number of ether oxygens (including phenoxy) is 1. The number of primary amides is 1. The van der Waals surface area contributed by atoms with Crippen molar-refractivity contribution in [1.29, 1.82) is 0 Å². The number of rotatable bonds is 6.